The molecule has 2 fully saturated rings. The molecule has 1 aromatic carbocycles. The number of piperidine rings is 1. The number of hydrogen-bond acceptors (Lipinski definition) is 6. The average molecular weight is 363 g/mol. The molecule has 0 aliphatic carbocycles. The average Bonchev–Trinajstić information content (AvgIpc) is 3.09. The Morgan fingerprint density at radius 1 is 1.15 bits per heavy atom. The molecule has 3 heterocycles. The normalized spacial score (nSPS) is 22.1. The summed E-state index contributed by atoms with van der Waals surface area (Å²) in [6.45, 7) is 4.94. The molecule has 1 N–H and O–H groups in total. The summed E-state index contributed by atoms with van der Waals surface area (Å²) in [4.78, 5) is 13.5. The van der Waals surface area contributed by atoms with Crippen LogP contribution in [0, 0.1) is 22.7 Å². The van der Waals surface area contributed by atoms with Gasteiger partial charge in [-0.3, -0.25) is 4.90 Å². The molecule has 1 atom stereocenters. The lowest BCUT2D eigenvalue weighted by atomic mass is 9.71. The Hall–Kier alpha value is -2.49. The molecule has 1 spiro atoms. The second-order valence-corrected chi connectivity index (χ2v) is 7.76. The lowest BCUT2D eigenvalue weighted by molar-refractivity contribution is 0.0506. The maximum absolute atomic E-state index is 9.99. The number of aliphatic hydroxyl groups excluding tert-OH is 1. The molecule has 2 aliphatic heterocycles. The van der Waals surface area contributed by atoms with Crippen LogP contribution in [0.25, 0.3) is 0 Å². The van der Waals surface area contributed by atoms with Crippen LogP contribution in [-0.4, -0.2) is 52.8 Å². The van der Waals surface area contributed by atoms with Crippen LogP contribution in [-0.2, 0) is 6.54 Å². The number of nitriles is 1. The van der Waals surface area contributed by atoms with E-state index in [1.54, 1.807) is 12.4 Å². The first kappa shape index (κ1) is 17.9. The number of likely N-dealkylation sites (tertiary alicyclic amines) is 1. The number of hydrogen-bond donors (Lipinski definition) is 1. The molecule has 0 amide bonds. The maximum Gasteiger partial charge on any atom is 0.225 e. The van der Waals surface area contributed by atoms with Crippen molar-refractivity contribution in [2.75, 3.05) is 37.7 Å². The Balaban J connectivity index is 1.40. The summed E-state index contributed by atoms with van der Waals surface area (Å²) in [5.74, 6) is 1.05. The summed E-state index contributed by atoms with van der Waals surface area (Å²) < 4.78 is 0. The minimum atomic E-state index is 0.148. The largest absolute Gasteiger partial charge is 0.396 e. The standard InChI is InChI=1S/C21H25N5O/c22-12-17-2-4-18(5-3-17)13-25-10-6-21(7-11-25)16-26(14-19(21)15-27)20-23-8-1-9-24-20/h1-5,8-9,19,27H,6-7,10-11,13-16H2. The summed E-state index contributed by atoms with van der Waals surface area (Å²) in [6, 6.07) is 11.9. The van der Waals surface area contributed by atoms with E-state index in [2.05, 4.69) is 25.8 Å². The second kappa shape index (κ2) is 7.63. The van der Waals surface area contributed by atoms with E-state index in [-0.39, 0.29) is 17.9 Å². The highest BCUT2D eigenvalue weighted by Gasteiger charge is 2.48. The number of aliphatic hydroxyl groups is 1. The van der Waals surface area contributed by atoms with Crippen LogP contribution in [0.2, 0.25) is 0 Å². The Morgan fingerprint density at radius 2 is 1.85 bits per heavy atom. The molecule has 27 heavy (non-hydrogen) atoms. The van der Waals surface area contributed by atoms with Crippen molar-refractivity contribution in [3.8, 4) is 6.07 Å². The van der Waals surface area contributed by atoms with E-state index in [9.17, 15) is 5.11 Å². The first-order valence-corrected chi connectivity index (χ1v) is 9.57. The molecule has 6 heteroatoms. The van der Waals surface area contributed by atoms with Gasteiger partial charge in [0.2, 0.25) is 5.95 Å². The fourth-order valence-corrected chi connectivity index (χ4v) is 4.56. The minimum absolute atomic E-state index is 0.148. The second-order valence-electron chi connectivity index (χ2n) is 7.76. The molecule has 2 saturated heterocycles. The van der Waals surface area contributed by atoms with E-state index >= 15 is 0 Å². The van der Waals surface area contributed by atoms with Crippen molar-refractivity contribution in [2.24, 2.45) is 11.3 Å². The molecular weight excluding hydrogens is 338 g/mol. The summed E-state index contributed by atoms with van der Waals surface area (Å²) >= 11 is 0. The fourth-order valence-electron chi connectivity index (χ4n) is 4.56. The van der Waals surface area contributed by atoms with Crippen LogP contribution < -0.4 is 4.90 Å². The van der Waals surface area contributed by atoms with E-state index in [0.717, 1.165) is 51.5 Å². The molecule has 0 saturated carbocycles. The van der Waals surface area contributed by atoms with Gasteiger partial charge in [-0.2, -0.15) is 5.26 Å². The third-order valence-corrected chi connectivity index (χ3v) is 6.21. The van der Waals surface area contributed by atoms with E-state index in [0.29, 0.717) is 5.56 Å². The summed E-state index contributed by atoms with van der Waals surface area (Å²) in [5.41, 5.74) is 2.10. The van der Waals surface area contributed by atoms with Crippen LogP contribution in [0.5, 0.6) is 0 Å². The molecule has 1 aromatic heterocycles. The van der Waals surface area contributed by atoms with Crippen LogP contribution in [0.3, 0.4) is 0 Å². The predicted octanol–water partition coefficient (Wildman–Crippen LogP) is 2.06. The molecule has 140 valence electrons. The molecule has 6 nitrogen and oxygen atoms in total. The predicted molar refractivity (Wildman–Crippen MR) is 103 cm³/mol. The first-order chi connectivity index (χ1) is 13.2. The SMILES string of the molecule is N#Cc1ccc(CN2CCC3(CC2)CN(c2ncccn2)CC3CO)cc1. The van der Waals surface area contributed by atoms with Gasteiger partial charge >= 0.3 is 0 Å². The van der Waals surface area contributed by atoms with Crippen molar-refractivity contribution < 1.29 is 5.11 Å². The maximum atomic E-state index is 9.99. The highest BCUT2D eigenvalue weighted by Crippen LogP contribution is 2.45. The highest BCUT2D eigenvalue weighted by atomic mass is 16.3. The number of benzene rings is 1. The van der Waals surface area contributed by atoms with Crippen LogP contribution in [0.15, 0.2) is 42.7 Å². The van der Waals surface area contributed by atoms with Crippen molar-refractivity contribution in [3.05, 3.63) is 53.9 Å². The van der Waals surface area contributed by atoms with Crippen molar-refractivity contribution >= 4 is 5.95 Å². The van der Waals surface area contributed by atoms with Crippen LogP contribution in [0.1, 0.15) is 24.0 Å². The van der Waals surface area contributed by atoms with Gasteiger partial charge in [0, 0.05) is 44.6 Å². The highest BCUT2D eigenvalue weighted by molar-refractivity contribution is 5.33. The van der Waals surface area contributed by atoms with E-state index in [1.165, 1.54) is 5.56 Å². The van der Waals surface area contributed by atoms with Gasteiger partial charge in [-0.25, -0.2) is 9.97 Å². The Kier molecular flexibility index (Phi) is 5.06. The van der Waals surface area contributed by atoms with Gasteiger partial charge in [0.1, 0.15) is 0 Å². The smallest absolute Gasteiger partial charge is 0.225 e. The number of anilines is 1. The Bertz CT molecular complexity index is 794. The lowest BCUT2D eigenvalue weighted by Crippen LogP contribution is -2.44. The monoisotopic (exact) mass is 363 g/mol. The Morgan fingerprint density at radius 3 is 2.48 bits per heavy atom. The summed E-state index contributed by atoms with van der Waals surface area (Å²) in [5, 5.41) is 18.9. The molecular formula is C21H25N5O. The van der Waals surface area contributed by atoms with Crippen molar-refractivity contribution in [2.45, 2.75) is 19.4 Å². The zero-order chi connectivity index (χ0) is 18.7. The van der Waals surface area contributed by atoms with Crippen molar-refractivity contribution in [1.82, 2.24) is 14.9 Å². The summed E-state index contributed by atoms with van der Waals surface area (Å²) in [7, 11) is 0. The van der Waals surface area contributed by atoms with Gasteiger partial charge in [-0.15, -0.1) is 0 Å². The van der Waals surface area contributed by atoms with Gasteiger partial charge in [0.15, 0.2) is 0 Å². The van der Waals surface area contributed by atoms with Gasteiger partial charge < -0.3 is 10.0 Å². The molecule has 0 radical (unpaired) electrons. The van der Waals surface area contributed by atoms with Crippen LogP contribution in [0.4, 0.5) is 5.95 Å². The number of aromatic nitrogens is 2. The Labute approximate surface area is 160 Å². The molecule has 4 rings (SSSR count). The quantitative estimate of drug-likeness (QED) is 0.896. The van der Waals surface area contributed by atoms with Gasteiger partial charge in [-0.05, 0) is 55.1 Å². The summed E-state index contributed by atoms with van der Waals surface area (Å²) in [6.07, 6.45) is 5.72. The van der Waals surface area contributed by atoms with Crippen molar-refractivity contribution in [1.29, 1.82) is 5.26 Å². The zero-order valence-electron chi connectivity index (χ0n) is 15.5. The molecule has 2 aromatic rings. The fraction of sp³-hybridized carbons (Fsp3) is 0.476. The zero-order valence-corrected chi connectivity index (χ0v) is 15.5. The van der Waals surface area contributed by atoms with Crippen molar-refractivity contribution in [3.63, 3.8) is 0 Å². The van der Waals surface area contributed by atoms with Gasteiger partial charge in [0.05, 0.1) is 11.6 Å². The minimum Gasteiger partial charge on any atom is -0.396 e. The van der Waals surface area contributed by atoms with E-state index < -0.39 is 0 Å². The third-order valence-electron chi connectivity index (χ3n) is 6.21. The van der Waals surface area contributed by atoms with E-state index in [4.69, 9.17) is 5.26 Å². The number of nitrogens with zero attached hydrogens (tertiary/aromatic N) is 5. The first-order valence-electron chi connectivity index (χ1n) is 9.57. The molecule has 2 aliphatic rings. The third kappa shape index (κ3) is 3.66. The van der Waals surface area contributed by atoms with Gasteiger partial charge in [-0.1, -0.05) is 12.1 Å². The topological polar surface area (TPSA) is 76.3 Å². The molecule has 1 unspecified atom stereocenters. The van der Waals surface area contributed by atoms with Gasteiger partial charge in [0.25, 0.3) is 0 Å². The molecule has 0 bridgehead atoms. The van der Waals surface area contributed by atoms with E-state index in [1.807, 2.05) is 30.3 Å². The lowest BCUT2D eigenvalue weighted by Gasteiger charge is -2.42. The number of rotatable bonds is 4. The van der Waals surface area contributed by atoms with Crippen LogP contribution >= 0.6 is 0 Å².